The third-order valence-corrected chi connectivity index (χ3v) is 4.36. The number of amides is 1. The summed E-state index contributed by atoms with van der Waals surface area (Å²) in [7, 11) is 0. The maximum atomic E-state index is 12.2. The Kier molecular flexibility index (Phi) is 5.72. The van der Waals surface area contributed by atoms with Crippen molar-refractivity contribution in [3.8, 4) is 0 Å². The van der Waals surface area contributed by atoms with Gasteiger partial charge in [0.05, 0.1) is 17.2 Å². The third kappa shape index (κ3) is 4.83. The van der Waals surface area contributed by atoms with Gasteiger partial charge in [-0.05, 0) is 39.7 Å². The number of aromatic nitrogens is 3. The largest absolute Gasteiger partial charge is 0.293 e. The van der Waals surface area contributed by atoms with Gasteiger partial charge in [0.1, 0.15) is 0 Å². The van der Waals surface area contributed by atoms with E-state index < -0.39 is 0 Å². The number of carbonyl (C=O) groups excluding carboxylic acids is 1. The Labute approximate surface area is 161 Å². The average Bonchev–Trinajstić information content (AvgIpc) is 2.98. The molecule has 3 aromatic rings. The van der Waals surface area contributed by atoms with Crippen molar-refractivity contribution in [3.63, 3.8) is 0 Å². The van der Waals surface area contributed by atoms with Crippen LogP contribution in [0.1, 0.15) is 21.6 Å². The summed E-state index contributed by atoms with van der Waals surface area (Å²) in [4.78, 5) is 16.2. The van der Waals surface area contributed by atoms with Crippen molar-refractivity contribution in [2.24, 2.45) is 5.10 Å². The van der Waals surface area contributed by atoms with Crippen molar-refractivity contribution in [2.75, 3.05) is 0 Å². The molecule has 0 saturated carbocycles. The molecule has 0 bridgehead atoms. The van der Waals surface area contributed by atoms with Crippen LogP contribution in [0.3, 0.4) is 0 Å². The van der Waals surface area contributed by atoms with Crippen LogP contribution in [0.25, 0.3) is 0 Å². The van der Waals surface area contributed by atoms with Gasteiger partial charge in [0, 0.05) is 28.6 Å². The molecule has 0 spiro atoms. The predicted octanol–water partition coefficient (Wildman–Crippen LogP) is 3.62. The second-order valence-electron chi connectivity index (χ2n) is 5.14. The van der Waals surface area contributed by atoms with E-state index in [2.05, 4.69) is 52.5 Å². The zero-order valence-electron chi connectivity index (χ0n) is 12.9. The molecule has 1 aromatic carbocycles. The standard InChI is InChI=1S/C17H13Br2N5O/c18-14-5-3-12(4-6-14)10-24-11-15(19)16(23-24)17(25)22-21-9-13-2-1-7-20-8-13/h1-9,11H,10H2,(H,22,25). The Bertz CT molecular complexity index is 891. The van der Waals surface area contributed by atoms with Crippen molar-refractivity contribution in [1.82, 2.24) is 20.2 Å². The lowest BCUT2D eigenvalue weighted by Crippen LogP contribution is -2.19. The maximum Gasteiger partial charge on any atom is 0.293 e. The van der Waals surface area contributed by atoms with E-state index in [4.69, 9.17) is 0 Å². The summed E-state index contributed by atoms with van der Waals surface area (Å²) >= 11 is 6.77. The quantitative estimate of drug-likeness (QED) is 0.465. The van der Waals surface area contributed by atoms with Crippen LogP contribution in [0, 0.1) is 0 Å². The first-order chi connectivity index (χ1) is 12.1. The van der Waals surface area contributed by atoms with Gasteiger partial charge in [-0.15, -0.1) is 0 Å². The van der Waals surface area contributed by atoms with Crippen LogP contribution in [0.5, 0.6) is 0 Å². The fourth-order valence-electron chi connectivity index (χ4n) is 2.08. The number of halogens is 2. The van der Waals surface area contributed by atoms with E-state index in [0.29, 0.717) is 11.0 Å². The van der Waals surface area contributed by atoms with E-state index in [1.807, 2.05) is 30.3 Å². The lowest BCUT2D eigenvalue weighted by atomic mass is 10.2. The van der Waals surface area contributed by atoms with Crippen LogP contribution in [-0.4, -0.2) is 26.9 Å². The summed E-state index contributed by atoms with van der Waals surface area (Å²) < 4.78 is 3.33. The highest BCUT2D eigenvalue weighted by atomic mass is 79.9. The molecule has 0 radical (unpaired) electrons. The predicted molar refractivity (Wildman–Crippen MR) is 102 cm³/mol. The molecule has 3 rings (SSSR count). The molecule has 2 heterocycles. The van der Waals surface area contributed by atoms with Gasteiger partial charge in [0.2, 0.25) is 0 Å². The number of nitrogens with one attached hydrogen (secondary N) is 1. The van der Waals surface area contributed by atoms with E-state index in [-0.39, 0.29) is 11.6 Å². The molecule has 0 saturated heterocycles. The number of hydrogen-bond acceptors (Lipinski definition) is 4. The number of hydrazone groups is 1. The number of pyridine rings is 1. The molecular formula is C17H13Br2N5O. The van der Waals surface area contributed by atoms with Crippen LogP contribution < -0.4 is 5.43 Å². The first-order valence-electron chi connectivity index (χ1n) is 7.32. The van der Waals surface area contributed by atoms with Gasteiger partial charge in [-0.2, -0.15) is 10.2 Å². The summed E-state index contributed by atoms with van der Waals surface area (Å²) in [5.41, 5.74) is 4.62. The van der Waals surface area contributed by atoms with Crippen LogP contribution in [0.2, 0.25) is 0 Å². The minimum Gasteiger partial charge on any atom is -0.266 e. The second-order valence-corrected chi connectivity index (χ2v) is 6.91. The molecule has 0 atom stereocenters. The molecule has 126 valence electrons. The Morgan fingerprint density at radius 1 is 1.24 bits per heavy atom. The van der Waals surface area contributed by atoms with E-state index >= 15 is 0 Å². The average molecular weight is 463 g/mol. The second kappa shape index (κ2) is 8.17. The zero-order valence-corrected chi connectivity index (χ0v) is 16.1. The highest BCUT2D eigenvalue weighted by molar-refractivity contribution is 9.10. The van der Waals surface area contributed by atoms with E-state index in [0.717, 1.165) is 15.6 Å². The third-order valence-electron chi connectivity index (χ3n) is 3.25. The molecule has 0 fully saturated rings. The summed E-state index contributed by atoms with van der Waals surface area (Å²) in [6.07, 6.45) is 6.61. The summed E-state index contributed by atoms with van der Waals surface area (Å²) in [5.74, 6) is -0.387. The maximum absolute atomic E-state index is 12.2. The van der Waals surface area contributed by atoms with E-state index in [1.54, 1.807) is 29.3 Å². The van der Waals surface area contributed by atoms with Crippen LogP contribution in [-0.2, 0) is 6.54 Å². The van der Waals surface area contributed by atoms with Gasteiger partial charge in [0.25, 0.3) is 5.91 Å². The number of nitrogens with zero attached hydrogens (tertiary/aromatic N) is 4. The highest BCUT2D eigenvalue weighted by Gasteiger charge is 2.14. The van der Waals surface area contributed by atoms with Gasteiger partial charge in [-0.3, -0.25) is 14.5 Å². The lowest BCUT2D eigenvalue weighted by molar-refractivity contribution is 0.0948. The molecule has 25 heavy (non-hydrogen) atoms. The molecule has 0 aliphatic heterocycles. The van der Waals surface area contributed by atoms with E-state index in [9.17, 15) is 4.79 Å². The summed E-state index contributed by atoms with van der Waals surface area (Å²) in [5, 5.41) is 8.24. The Balaban J connectivity index is 1.66. The molecular weight excluding hydrogens is 450 g/mol. The van der Waals surface area contributed by atoms with Crippen LogP contribution >= 0.6 is 31.9 Å². The van der Waals surface area contributed by atoms with Gasteiger partial charge in [-0.25, -0.2) is 5.43 Å². The summed E-state index contributed by atoms with van der Waals surface area (Å²) in [6, 6.07) is 11.6. The first-order valence-corrected chi connectivity index (χ1v) is 8.91. The molecule has 0 aliphatic rings. The highest BCUT2D eigenvalue weighted by Crippen LogP contribution is 2.17. The van der Waals surface area contributed by atoms with Gasteiger partial charge in [-0.1, -0.05) is 34.1 Å². The number of benzene rings is 1. The molecule has 6 nitrogen and oxygen atoms in total. The smallest absolute Gasteiger partial charge is 0.266 e. The van der Waals surface area contributed by atoms with Crippen molar-refractivity contribution in [3.05, 3.63) is 80.8 Å². The number of rotatable bonds is 5. The fourth-order valence-corrected chi connectivity index (χ4v) is 2.84. The van der Waals surface area contributed by atoms with Gasteiger partial charge in [0.15, 0.2) is 5.69 Å². The fraction of sp³-hybridized carbons (Fsp3) is 0.0588. The SMILES string of the molecule is O=C(NN=Cc1cccnc1)c1nn(Cc2ccc(Br)cc2)cc1Br. The molecule has 0 unspecified atom stereocenters. The van der Waals surface area contributed by atoms with Crippen molar-refractivity contribution >= 4 is 44.0 Å². The zero-order chi connectivity index (χ0) is 17.6. The number of hydrogen-bond donors (Lipinski definition) is 1. The molecule has 2 aromatic heterocycles. The van der Waals surface area contributed by atoms with Gasteiger partial charge < -0.3 is 0 Å². The van der Waals surface area contributed by atoms with Gasteiger partial charge >= 0.3 is 0 Å². The van der Waals surface area contributed by atoms with Crippen LogP contribution in [0.4, 0.5) is 0 Å². The first kappa shape index (κ1) is 17.5. The lowest BCUT2D eigenvalue weighted by Gasteiger charge is -2.02. The molecule has 1 amide bonds. The minimum absolute atomic E-state index is 0.278. The Hall–Kier alpha value is -2.32. The topological polar surface area (TPSA) is 72.2 Å². The van der Waals surface area contributed by atoms with Crippen LogP contribution in [0.15, 0.2) is 69.0 Å². The van der Waals surface area contributed by atoms with Crippen molar-refractivity contribution < 1.29 is 4.79 Å². The number of carbonyl (C=O) groups is 1. The Morgan fingerprint density at radius 2 is 2.04 bits per heavy atom. The monoisotopic (exact) mass is 461 g/mol. The summed E-state index contributed by atoms with van der Waals surface area (Å²) in [6.45, 7) is 0.568. The molecule has 0 aliphatic carbocycles. The minimum atomic E-state index is -0.387. The van der Waals surface area contributed by atoms with E-state index in [1.165, 1.54) is 6.21 Å². The molecule has 1 N–H and O–H groups in total. The Morgan fingerprint density at radius 3 is 2.76 bits per heavy atom. The normalized spacial score (nSPS) is 11.0. The van der Waals surface area contributed by atoms with Crippen molar-refractivity contribution in [1.29, 1.82) is 0 Å². The van der Waals surface area contributed by atoms with Crippen molar-refractivity contribution in [2.45, 2.75) is 6.54 Å². The molecule has 8 heteroatoms.